The molecule has 16 heteroatoms. The molecule has 0 radical (unpaired) electrons. The molecule has 1 spiro atoms. The number of para-hydroxylation sites is 1. The van der Waals surface area contributed by atoms with E-state index in [-0.39, 0.29) is 41.7 Å². The lowest BCUT2D eigenvalue weighted by Crippen LogP contribution is -2.78. The number of aromatic amines is 1. The minimum absolute atomic E-state index is 0.0800. The van der Waals surface area contributed by atoms with Crippen LogP contribution in [-0.2, 0) is 5.41 Å². The van der Waals surface area contributed by atoms with Crippen LogP contribution in [0.15, 0.2) is 45.4 Å². The number of guanidine groups is 2. The van der Waals surface area contributed by atoms with Gasteiger partial charge in [-0.25, -0.2) is 15.0 Å². The second-order valence-electron chi connectivity index (χ2n) is 11.4. The maximum atomic E-state index is 13.6. The van der Waals surface area contributed by atoms with Crippen LogP contribution in [0.5, 0.6) is 5.75 Å². The van der Waals surface area contributed by atoms with Crippen LogP contribution in [0.4, 0.5) is 0 Å². The number of nitrogens with two attached hydrogens (primary N) is 2. The largest absolute Gasteiger partial charge is 0.492 e. The van der Waals surface area contributed by atoms with Crippen LogP contribution in [0.25, 0.3) is 0 Å². The van der Waals surface area contributed by atoms with Gasteiger partial charge in [-0.3, -0.25) is 14.4 Å². The van der Waals surface area contributed by atoms with Crippen LogP contribution in [0, 0.1) is 0 Å². The molecule has 5 heterocycles. The molecule has 4 aliphatic rings. The molecule has 1 aromatic carbocycles. The van der Waals surface area contributed by atoms with Crippen LogP contribution in [0.3, 0.4) is 0 Å². The Kier molecular flexibility index (Phi) is 6.16. The maximum Gasteiger partial charge on any atom is 0.270 e. The highest BCUT2D eigenvalue weighted by Gasteiger charge is 2.73. The minimum Gasteiger partial charge on any atom is -0.492 e. The molecule has 0 unspecified atom stereocenters. The van der Waals surface area contributed by atoms with Gasteiger partial charge in [-0.15, -0.1) is 0 Å². The highest BCUT2D eigenvalue weighted by Crippen LogP contribution is 2.45. The lowest BCUT2D eigenvalue weighted by molar-refractivity contribution is -0.230. The predicted octanol–water partition coefficient (Wildman–Crippen LogP) is -2.97. The zero-order valence-corrected chi connectivity index (χ0v) is 22.9. The summed E-state index contributed by atoms with van der Waals surface area (Å²) in [7, 11) is 0. The molecule has 222 valence electrons. The van der Waals surface area contributed by atoms with Crippen LogP contribution in [-0.4, -0.2) is 98.1 Å². The number of aromatic nitrogens is 2. The summed E-state index contributed by atoms with van der Waals surface area (Å²) in [5, 5.41) is 31.6. The minimum atomic E-state index is -2.66. The van der Waals surface area contributed by atoms with Gasteiger partial charge in [-0.2, -0.15) is 0 Å². The van der Waals surface area contributed by atoms with E-state index in [9.17, 15) is 24.6 Å². The first kappa shape index (κ1) is 27.5. The van der Waals surface area contributed by atoms with Gasteiger partial charge >= 0.3 is 0 Å². The standard InChI is InChI=1S/C26H32N10O6/c1-24(2)6-7-42-18-12(4-3-5-13(18)24)20(38)33-16-10-36-23(28)32-15(9-29-21(39)14-8-17(37)31-11-30-14)19-25(36,26(16,40)41)35-22(27)34-19/h3-5,8,11,15-16,19,40-41H,6-7,9-10H2,1-2H3,(H2,28,32)(H,29,39)(H,33,38)(H3,27,34,35)(H,30,31,37)/t15-,16-,19-,25-/m0/s1. The molecule has 16 nitrogen and oxygen atoms in total. The third-order valence-electron chi connectivity index (χ3n) is 8.45. The Morgan fingerprint density at radius 3 is 2.76 bits per heavy atom. The quantitative estimate of drug-likeness (QED) is 0.166. The van der Waals surface area contributed by atoms with E-state index in [4.69, 9.17) is 16.2 Å². The van der Waals surface area contributed by atoms with Gasteiger partial charge in [-0.1, -0.05) is 26.0 Å². The van der Waals surface area contributed by atoms with Crippen molar-refractivity contribution in [2.75, 3.05) is 19.7 Å². The van der Waals surface area contributed by atoms with E-state index < -0.39 is 46.9 Å². The van der Waals surface area contributed by atoms with Gasteiger partial charge < -0.3 is 52.3 Å². The number of aliphatic hydroxyl groups is 2. The van der Waals surface area contributed by atoms with Gasteiger partial charge in [-0.05, 0) is 17.9 Å². The summed E-state index contributed by atoms with van der Waals surface area (Å²) in [4.78, 5) is 54.2. The summed E-state index contributed by atoms with van der Waals surface area (Å²) in [6, 6.07) is 3.13. The van der Waals surface area contributed by atoms with E-state index in [0.29, 0.717) is 12.4 Å². The number of fused-ring (bicyclic) bond motifs is 1. The van der Waals surface area contributed by atoms with Crippen LogP contribution < -0.4 is 37.7 Å². The molecule has 1 aromatic heterocycles. The van der Waals surface area contributed by atoms with Crippen molar-refractivity contribution in [1.29, 1.82) is 0 Å². The number of nitrogens with zero attached hydrogens (tertiary/aromatic N) is 4. The van der Waals surface area contributed by atoms with Gasteiger partial charge in [0.25, 0.3) is 17.4 Å². The number of aliphatic imine (C=N–C) groups is 2. The van der Waals surface area contributed by atoms with Crippen molar-refractivity contribution >= 4 is 23.7 Å². The number of rotatable bonds is 5. The van der Waals surface area contributed by atoms with E-state index in [1.54, 1.807) is 12.1 Å². The summed E-state index contributed by atoms with van der Waals surface area (Å²) in [6.45, 7) is 4.30. The molecule has 1 saturated heterocycles. The normalized spacial score (nSPS) is 28.2. The van der Waals surface area contributed by atoms with Crippen LogP contribution in [0.1, 0.15) is 46.7 Å². The maximum absolute atomic E-state index is 13.6. The van der Waals surface area contributed by atoms with E-state index in [2.05, 4.69) is 49.8 Å². The number of amides is 2. The van der Waals surface area contributed by atoms with Crippen molar-refractivity contribution in [3.05, 3.63) is 57.8 Å². The Hall–Kier alpha value is -4.70. The fraction of sp³-hybridized carbons (Fsp3) is 0.462. The molecular weight excluding hydrogens is 548 g/mol. The number of nitrogens with one attached hydrogen (secondary N) is 4. The van der Waals surface area contributed by atoms with Crippen LogP contribution in [0.2, 0.25) is 0 Å². The molecule has 0 aliphatic carbocycles. The van der Waals surface area contributed by atoms with E-state index in [1.165, 1.54) is 4.90 Å². The Morgan fingerprint density at radius 1 is 1.21 bits per heavy atom. The number of benzene rings is 1. The summed E-state index contributed by atoms with van der Waals surface area (Å²) in [5.74, 6) is -3.60. The lowest BCUT2D eigenvalue weighted by atomic mass is 9.79. The Balaban J connectivity index is 1.26. The molecule has 0 bridgehead atoms. The third-order valence-corrected chi connectivity index (χ3v) is 8.45. The van der Waals surface area contributed by atoms with Crippen molar-refractivity contribution in [2.24, 2.45) is 21.5 Å². The highest BCUT2D eigenvalue weighted by atomic mass is 16.5. The molecule has 42 heavy (non-hydrogen) atoms. The number of ether oxygens (including phenoxy) is 1. The molecule has 2 amide bonds. The van der Waals surface area contributed by atoms with E-state index in [0.717, 1.165) is 24.4 Å². The Labute approximate surface area is 239 Å². The summed E-state index contributed by atoms with van der Waals surface area (Å²) >= 11 is 0. The number of carbonyl (C=O) groups excluding carboxylic acids is 2. The van der Waals surface area contributed by atoms with Crippen molar-refractivity contribution < 1.29 is 24.5 Å². The van der Waals surface area contributed by atoms with Gasteiger partial charge in [0.15, 0.2) is 17.6 Å². The SMILES string of the molecule is CC1(C)CCOc2c(C(=O)N[C@H]3CN4C(N)=N[C@@H](CNC(=O)c5cc(=O)[nH]cn5)[C@@H]5N=C(N)N[C@@]54C3(O)O)cccc21. The Morgan fingerprint density at radius 2 is 2.00 bits per heavy atom. The molecule has 1 fully saturated rings. The number of hydrogen-bond acceptors (Lipinski definition) is 13. The number of H-pyrrole nitrogens is 1. The van der Waals surface area contributed by atoms with E-state index in [1.807, 2.05) is 6.07 Å². The van der Waals surface area contributed by atoms with Gasteiger partial charge in [0.2, 0.25) is 5.79 Å². The van der Waals surface area contributed by atoms with Crippen molar-refractivity contribution in [2.45, 2.75) is 55.3 Å². The summed E-state index contributed by atoms with van der Waals surface area (Å²) in [5.41, 5.74) is 10.9. The van der Waals surface area contributed by atoms with E-state index >= 15 is 0 Å². The molecule has 4 aliphatic heterocycles. The smallest absolute Gasteiger partial charge is 0.270 e. The van der Waals surface area contributed by atoms with Gasteiger partial charge in [0.1, 0.15) is 23.5 Å². The second kappa shape index (κ2) is 9.42. The van der Waals surface area contributed by atoms with Crippen molar-refractivity contribution in [3.63, 3.8) is 0 Å². The molecule has 10 N–H and O–H groups in total. The third kappa shape index (κ3) is 4.05. The monoisotopic (exact) mass is 580 g/mol. The molecule has 2 aromatic rings. The first-order valence-corrected chi connectivity index (χ1v) is 13.4. The van der Waals surface area contributed by atoms with Gasteiger partial charge in [0, 0.05) is 24.7 Å². The topological polar surface area (TPSA) is 246 Å². The predicted molar refractivity (Wildman–Crippen MR) is 149 cm³/mol. The fourth-order valence-electron chi connectivity index (χ4n) is 6.22. The summed E-state index contributed by atoms with van der Waals surface area (Å²) < 4.78 is 5.88. The fourth-order valence-corrected chi connectivity index (χ4v) is 6.22. The Bertz CT molecular complexity index is 1590. The molecule has 0 saturated carbocycles. The van der Waals surface area contributed by atoms with Crippen molar-refractivity contribution in [1.82, 2.24) is 30.8 Å². The average Bonchev–Trinajstić information content (AvgIpc) is 3.40. The lowest BCUT2D eigenvalue weighted by Gasteiger charge is -2.49. The van der Waals surface area contributed by atoms with Crippen LogP contribution >= 0.6 is 0 Å². The zero-order valence-electron chi connectivity index (χ0n) is 22.9. The highest BCUT2D eigenvalue weighted by molar-refractivity contribution is 5.98. The average molecular weight is 581 g/mol. The number of carbonyl (C=O) groups is 2. The molecule has 4 atom stereocenters. The van der Waals surface area contributed by atoms with Gasteiger partial charge in [0.05, 0.1) is 24.5 Å². The van der Waals surface area contributed by atoms with Crippen molar-refractivity contribution in [3.8, 4) is 5.75 Å². The second-order valence-corrected chi connectivity index (χ2v) is 11.4. The zero-order chi connectivity index (χ0) is 30.0. The molecular formula is C26H32N10O6. The summed E-state index contributed by atoms with van der Waals surface area (Å²) in [6.07, 6.45) is 1.89. The number of hydrogen-bond donors (Lipinski definition) is 8. The first-order valence-electron chi connectivity index (χ1n) is 13.4. The first-order chi connectivity index (χ1) is 19.8. The molecule has 6 rings (SSSR count).